The number of fused-ring (bicyclic) bond motifs is 1. The molecule has 1 aliphatic heterocycles. The van der Waals surface area contributed by atoms with E-state index in [1.165, 1.54) is 17.1 Å². The van der Waals surface area contributed by atoms with Crippen LogP contribution >= 0.6 is 0 Å². The fourth-order valence-corrected chi connectivity index (χ4v) is 4.37. The standard InChI is InChI=1S/C26H27N5O4/c1-18-3-7-20(8-4-18)35-21-9-5-19(6-10-21)24(32)30-13-11-26(34,12-14-30)16-31-17-27-23-22(25(31)33)15-28-29(23)2/h3-10,15,17,34H,11-14,16H2,1-2H3. The molecule has 9 heteroatoms. The predicted molar refractivity (Wildman–Crippen MR) is 131 cm³/mol. The number of aryl methyl sites for hydroxylation is 2. The van der Waals surface area contributed by atoms with Crippen LogP contribution in [0, 0.1) is 6.92 Å². The minimum Gasteiger partial charge on any atom is -0.457 e. The molecule has 4 aromatic rings. The molecule has 1 fully saturated rings. The number of ether oxygens (including phenoxy) is 1. The van der Waals surface area contributed by atoms with Crippen LogP contribution in [-0.4, -0.2) is 53.9 Å². The van der Waals surface area contributed by atoms with E-state index in [9.17, 15) is 14.7 Å². The van der Waals surface area contributed by atoms with Gasteiger partial charge in [-0.1, -0.05) is 17.7 Å². The highest BCUT2D eigenvalue weighted by molar-refractivity contribution is 5.94. The van der Waals surface area contributed by atoms with Crippen molar-refractivity contribution in [3.05, 3.63) is 82.5 Å². The lowest BCUT2D eigenvalue weighted by molar-refractivity contribution is -0.0299. The van der Waals surface area contributed by atoms with Gasteiger partial charge < -0.3 is 14.7 Å². The summed E-state index contributed by atoms with van der Waals surface area (Å²) in [5.41, 5.74) is 0.903. The van der Waals surface area contributed by atoms with Crippen LogP contribution in [0.25, 0.3) is 11.0 Å². The van der Waals surface area contributed by atoms with Gasteiger partial charge in [-0.25, -0.2) is 4.98 Å². The highest BCUT2D eigenvalue weighted by Gasteiger charge is 2.35. The second-order valence-corrected chi connectivity index (χ2v) is 9.14. The van der Waals surface area contributed by atoms with Crippen LogP contribution in [0.4, 0.5) is 0 Å². The number of aromatic nitrogens is 4. The molecule has 180 valence electrons. The molecule has 0 spiro atoms. The number of likely N-dealkylation sites (tertiary alicyclic amines) is 1. The van der Waals surface area contributed by atoms with Gasteiger partial charge in [0.15, 0.2) is 5.65 Å². The number of aliphatic hydroxyl groups is 1. The monoisotopic (exact) mass is 473 g/mol. The maximum absolute atomic E-state index is 13.0. The van der Waals surface area contributed by atoms with E-state index < -0.39 is 5.60 Å². The number of piperidine rings is 1. The van der Waals surface area contributed by atoms with Gasteiger partial charge in [-0.15, -0.1) is 0 Å². The summed E-state index contributed by atoms with van der Waals surface area (Å²) in [6.45, 7) is 2.93. The zero-order chi connectivity index (χ0) is 24.6. The summed E-state index contributed by atoms with van der Waals surface area (Å²) >= 11 is 0. The van der Waals surface area contributed by atoms with Crippen molar-refractivity contribution >= 4 is 16.9 Å². The van der Waals surface area contributed by atoms with Gasteiger partial charge in [0.1, 0.15) is 23.2 Å². The van der Waals surface area contributed by atoms with E-state index in [2.05, 4.69) is 10.1 Å². The number of carbonyl (C=O) groups is 1. The molecule has 0 unspecified atom stereocenters. The van der Waals surface area contributed by atoms with Crippen LogP contribution in [-0.2, 0) is 13.6 Å². The summed E-state index contributed by atoms with van der Waals surface area (Å²) in [6, 6.07) is 14.8. The second kappa shape index (κ2) is 8.99. The Morgan fingerprint density at radius 1 is 1.06 bits per heavy atom. The summed E-state index contributed by atoms with van der Waals surface area (Å²) in [4.78, 5) is 31.8. The number of benzene rings is 2. The van der Waals surface area contributed by atoms with Crippen LogP contribution in [0.5, 0.6) is 11.5 Å². The lowest BCUT2D eigenvalue weighted by Gasteiger charge is -2.38. The summed E-state index contributed by atoms with van der Waals surface area (Å²) < 4.78 is 8.81. The van der Waals surface area contributed by atoms with E-state index in [1.54, 1.807) is 40.9 Å². The zero-order valence-electron chi connectivity index (χ0n) is 19.7. The normalized spacial score (nSPS) is 15.3. The molecule has 35 heavy (non-hydrogen) atoms. The van der Waals surface area contributed by atoms with E-state index in [0.29, 0.717) is 48.3 Å². The molecule has 0 aliphatic carbocycles. The summed E-state index contributed by atoms with van der Waals surface area (Å²) in [5, 5.41) is 15.6. The highest BCUT2D eigenvalue weighted by Crippen LogP contribution is 2.26. The van der Waals surface area contributed by atoms with Crippen LogP contribution in [0.1, 0.15) is 28.8 Å². The van der Waals surface area contributed by atoms with E-state index in [0.717, 1.165) is 11.3 Å². The van der Waals surface area contributed by atoms with Gasteiger partial charge in [-0.05, 0) is 56.2 Å². The average Bonchev–Trinajstić information content (AvgIpc) is 3.24. The minimum absolute atomic E-state index is 0.0930. The first-order valence-electron chi connectivity index (χ1n) is 11.5. The van der Waals surface area contributed by atoms with Crippen molar-refractivity contribution in [1.82, 2.24) is 24.2 Å². The molecule has 2 aromatic carbocycles. The summed E-state index contributed by atoms with van der Waals surface area (Å²) in [7, 11) is 1.73. The SMILES string of the molecule is Cc1ccc(Oc2ccc(C(=O)N3CCC(O)(Cn4cnc5c(cnn5C)c4=O)CC3)cc2)cc1. The fourth-order valence-electron chi connectivity index (χ4n) is 4.37. The molecule has 5 rings (SSSR count). The highest BCUT2D eigenvalue weighted by atomic mass is 16.5. The topological polar surface area (TPSA) is 102 Å². The van der Waals surface area contributed by atoms with Gasteiger partial charge in [0, 0.05) is 25.7 Å². The molecule has 0 radical (unpaired) electrons. The van der Waals surface area contributed by atoms with Crippen LogP contribution in [0.3, 0.4) is 0 Å². The van der Waals surface area contributed by atoms with E-state index in [1.807, 2.05) is 31.2 Å². The maximum Gasteiger partial charge on any atom is 0.264 e. The Morgan fingerprint density at radius 2 is 1.69 bits per heavy atom. The summed E-state index contributed by atoms with van der Waals surface area (Å²) in [6.07, 6.45) is 3.67. The molecule has 1 aliphatic rings. The number of hydrogen-bond acceptors (Lipinski definition) is 6. The molecule has 0 saturated carbocycles. The van der Waals surface area contributed by atoms with Crippen LogP contribution < -0.4 is 10.3 Å². The molecule has 1 saturated heterocycles. The van der Waals surface area contributed by atoms with E-state index in [4.69, 9.17) is 4.74 Å². The lowest BCUT2D eigenvalue weighted by Crippen LogP contribution is -2.49. The summed E-state index contributed by atoms with van der Waals surface area (Å²) in [5.74, 6) is 1.30. The maximum atomic E-state index is 13.0. The van der Waals surface area contributed by atoms with Gasteiger partial charge >= 0.3 is 0 Å². The van der Waals surface area contributed by atoms with Crippen molar-refractivity contribution in [2.45, 2.75) is 31.9 Å². The second-order valence-electron chi connectivity index (χ2n) is 9.14. The van der Waals surface area contributed by atoms with Crippen molar-refractivity contribution in [2.75, 3.05) is 13.1 Å². The zero-order valence-corrected chi connectivity index (χ0v) is 19.7. The predicted octanol–water partition coefficient (Wildman–Crippen LogP) is 2.90. The molecule has 0 bridgehead atoms. The Labute approximate surface area is 202 Å². The lowest BCUT2D eigenvalue weighted by atomic mass is 9.91. The van der Waals surface area contributed by atoms with Crippen molar-refractivity contribution in [1.29, 1.82) is 0 Å². The van der Waals surface area contributed by atoms with Crippen molar-refractivity contribution in [3.8, 4) is 11.5 Å². The Morgan fingerprint density at radius 3 is 2.34 bits per heavy atom. The van der Waals surface area contributed by atoms with Crippen molar-refractivity contribution in [3.63, 3.8) is 0 Å². The molecule has 9 nitrogen and oxygen atoms in total. The number of hydrogen-bond donors (Lipinski definition) is 1. The van der Waals surface area contributed by atoms with Crippen molar-refractivity contribution in [2.24, 2.45) is 7.05 Å². The molecular formula is C26H27N5O4. The first kappa shape index (κ1) is 22.8. The fraction of sp³-hybridized carbons (Fsp3) is 0.308. The van der Waals surface area contributed by atoms with Gasteiger partial charge in [0.25, 0.3) is 11.5 Å². The van der Waals surface area contributed by atoms with Crippen LogP contribution in [0.2, 0.25) is 0 Å². The van der Waals surface area contributed by atoms with Gasteiger partial charge in [0.05, 0.1) is 18.3 Å². The molecule has 2 aromatic heterocycles. The van der Waals surface area contributed by atoms with E-state index in [-0.39, 0.29) is 18.0 Å². The third kappa shape index (κ3) is 4.67. The quantitative estimate of drug-likeness (QED) is 0.478. The number of rotatable bonds is 5. The van der Waals surface area contributed by atoms with Crippen molar-refractivity contribution < 1.29 is 14.6 Å². The van der Waals surface area contributed by atoms with Gasteiger partial charge in [-0.2, -0.15) is 5.10 Å². The third-order valence-corrected chi connectivity index (χ3v) is 6.52. The Kier molecular flexibility index (Phi) is 5.86. The molecular weight excluding hydrogens is 446 g/mol. The van der Waals surface area contributed by atoms with Gasteiger partial charge in [0.2, 0.25) is 0 Å². The van der Waals surface area contributed by atoms with Gasteiger partial charge in [-0.3, -0.25) is 18.8 Å². The molecule has 0 atom stereocenters. The molecule has 3 heterocycles. The number of nitrogens with zero attached hydrogens (tertiary/aromatic N) is 5. The minimum atomic E-state index is -1.09. The Bertz CT molecular complexity index is 1420. The largest absolute Gasteiger partial charge is 0.457 e. The first-order valence-corrected chi connectivity index (χ1v) is 11.5. The Balaban J connectivity index is 1.21. The molecule has 1 N–H and O–H groups in total. The first-order chi connectivity index (χ1) is 16.8. The third-order valence-electron chi connectivity index (χ3n) is 6.52. The number of carbonyl (C=O) groups excluding carboxylic acids is 1. The Hall–Kier alpha value is -3.98. The average molecular weight is 474 g/mol. The number of amides is 1. The van der Waals surface area contributed by atoms with E-state index >= 15 is 0 Å². The molecule has 1 amide bonds. The smallest absolute Gasteiger partial charge is 0.264 e. The van der Waals surface area contributed by atoms with Crippen LogP contribution in [0.15, 0.2) is 65.8 Å².